The highest BCUT2D eigenvalue weighted by molar-refractivity contribution is 5.76. The van der Waals surface area contributed by atoms with Crippen LogP contribution in [0, 0.1) is 26.2 Å². The van der Waals surface area contributed by atoms with Crippen molar-refractivity contribution in [2.75, 3.05) is 0 Å². The highest BCUT2D eigenvalue weighted by Gasteiger charge is 2.27. The van der Waals surface area contributed by atoms with Crippen LogP contribution in [0.1, 0.15) is 37.7 Å². The molecule has 0 saturated carbocycles. The van der Waals surface area contributed by atoms with E-state index in [2.05, 4.69) is 36.2 Å². The predicted octanol–water partition coefficient (Wildman–Crippen LogP) is 2.24. The largest absolute Gasteiger partial charge is 0.349 e. The summed E-state index contributed by atoms with van der Waals surface area (Å²) in [6.07, 6.45) is 5.44. The van der Waals surface area contributed by atoms with Gasteiger partial charge in [-0.15, -0.1) is 0 Å². The van der Waals surface area contributed by atoms with E-state index < -0.39 is 0 Å². The molecule has 0 aliphatic rings. The topological polar surface area (TPSA) is 64.7 Å². The van der Waals surface area contributed by atoms with Crippen molar-refractivity contribution < 1.29 is 4.79 Å². The fourth-order valence-corrected chi connectivity index (χ4v) is 2.46. The maximum absolute atomic E-state index is 12.5. The standard InChI is InChI=1S/C17H27N5O/c1-12-13(2)20-22(14(12)3)10-16(23)19-15(17(4,5)6)9-21-8-7-18-11-21/h7-8,11,15H,9-10H2,1-6H3,(H,19,23). The van der Waals surface area contributed by atoms with Gasteiger partial charge in [-0.25, -0.2) is 4.98 Å². The zero-order valence-electron chi connectivity index (χ0n) is 14.9. The number of nitrogens with one attached hydrogen (secondary N) is 1. The SMILES string of the molecule is Cc1nn(CC(=O)NC(Cn2ccnc2)C(C)(C)C)c(C)c1C. The highest BCUT2D eigenvalue weighted by Crippen LogP contribution is 2.21. The average Bonchev–Trinajstić information content (AvgIpc) is 3.03. The second-order valence-electron chi connectivity index (χ2n) is 7.20. The fourth-order valence-electron chi connectivity index (χ4n) is 2.46. The van der Waals surface area contributed by atoms with Gasteiger partial charge in [0.05, 0.1) is 18.1 Å². The minimum atomic E-state index is -0.0507. The van der Waals surface area contributed by atoms with Crippen LogP contribution >= 0.6 is 0 Å². The smallest absolute Gasteiger partial charge is 0.242 e. The summed E-state index contributed by atoms with van der Waals surface area (Å²) in [6, 6.07) is 0.0160. The van der Waals surface area contributed by atoms with Gasteiger partial charge in [0.15, 0.2) is 0 Å². The second-order valence-corrected chi connectivity index (χ2v) is 7.20. The highest BCUT2D eigenvalue weighted by atomic mass is 16.2. The Bertz CT molecular complexity index is 664. The quantitative estimate of drug-likeness (QED) is 0.920. The molecule has 1 unspecified atom stereocenters. The molecule has 6 nitrogen and oxygen atoms in total. The Hall–Kier alpha value is -2.11. The third kappa shape index (κ3) is 4.21. The molecule has 2 aromatic heterocycles. The summed E-state index contributed by atoms with van der Waals surface area (Å²) in [5.74, 6) is -0.0179. The molecule has 1 N–H and O–H groups in total. The minimum Gasteiger partial charge on any atom is -0.349 e. The molecular formula is C17H27N5O. The number of hydrogen-bond donors (Lipinski definition) is 1. The van der Waals surface area contributed by atoms with Crippen molar-refractivity contribution in [1.82, 2.24) is 24.6 Å². The molecule has 0 radical (unpaired) electrons. The van der Waals surface area contributed by atoms with Crippen LogP contribution in [0.15, 0.2) is 18.7 Å². The number of rotatable bonds is 5. The summed E-state index contributed by atoms with van der Waals surface area (Å²) >= 11 is 0. The first-order chi connectivity index (χ1) is 10.7. The Labute approximate surface area is 137 Å². The average molecular weight is 317 g/mol. The molecule has 2 rings (SSSR count). The van der Waals surface area contributed by atoms with Crippen LogP contribution in [-0.4, -0.2) is 31.3 Å². The fraction of sp³-hybridized carbons (Fsp3) is 0.588. The third-order valence-corrected chi connectivity index (χ3v) is 4.37. The first kappa shape index (κ1) is 17.2. The van der Waals surface area contributed by atoms with E-state index in [1.807, 2.05) is 31.5 Å². The Kier molecular flexibility index (Phi) is 4.92. The molecule has 6 heteroatoms. The van der Waals surface area contributed by atoms with Gasteiger partial charge >= 0.3 is 0 Å². The van der Waals surface area contributed by atoms with Gasteiger partial charge in [-0.3, -0.25) is 9.48 Å². The zero-order valence-corrected chi connectivity index (χ0v) is 14.9. The number of carbonyl (C=O) groups is 1. The molecule has 0 bridgehead atoms. The number of aromatic nitrogens is 4. The van der Waals surface area contributed by atoms with Crippen molar-refractivity contribution in [2.45, 2.75) is 60.7 Å². The lowest BCUT2D eigenvalue weighted by atomic mass is 9.86. The van der Waals surface area contributed by atoms with Gasteiger partial charge in [0.1, 0.15) is 6.54 Å². The van der Waals surface area contributed by atoms with Gasteiger partial charge in [0, 0.05) is 24.6 Å². The molecule has 1 atom stereocenters. The molecule has 0 saturated heterocycles. The molecule has 0 aromatic carbocycles. The number of nitrogens with zero attached hydrogens (tertiary/aromatic N) is 4. The summed E-state index contributed by atoms with van der Waals surface area (Å²) in [7, 11) is 0. The van der Waals surface area contributed by atoms with Crippen molar-refractivity contribution in [3.8, 4) is 0 Å². The lowest BCUT2D eigenvalue weighted by Gasteiger charge is -2.31. The summed E-state index contributed by atoms with van der Waals surface area (Å²) in [6.45, 7) is 13.3. The van der Waals surface area contributed by atoms with Gasteiger partial charge in [0.2, 0.25) is 5.91 Å². The molecule has 2 heterocycles. The second kappa shape index (κ2) is 6.56. The Balaban J connectivity index is 2.06. The van der Waals surface area contributed by atoms with E-state index in [-0.39, 0.29) is 23.9 Å². The van der Waals surface area contributed by atoms with Crippen LogP contribution in [0.25, 0.3) is 0 Å². The molecule has 0 spiro atoms. The minimum absolute atomic E-state index is 0.0160. The maximum atomic E-state index is 12.5. The van der Waals surface area contributed by atoms with E-state index in [0.717, 1.165) is 17.0 Å². The summed E-state index contributed by atoms with van der Waals surface area (Å²) in [5, 5.41) is 7.59. The first-order valence-electron chi connectivity index (χ1n) is 7.94. The molecule has 2 aromatic rings. The van der Waals surface area contributed by atoms with Crippen LogP contribution in [0.3, 0.4) is 0 Å². The van der Waals surface area contributed by atoms with Crippen LogP contribution < -0.4 is 5.32 Å². The van der Waals surface area contributed by atoms with E-state index in [1.165, 1.54) is 0 Å². The summed E-state index contributed by atoms with van der Waals surface area (Å²) < 4.78 is 3.76. The Morgan fingerprint density at radius 3 is 2.48 bits per heavy atom. The van der Waals surface area contributed by atoms with E-state index in [0.29, 0.717) is 6.54 Å². The van der Waals surface area contributed by atoms with Gasteiger partial charge in [-0.05, 0) is 31.7 Å². The Morgan fingerprint density at radius 2 is 2.00 bits per heavy atom. The van der Waals surface area contributed by atoms with Gasteiger partial charge in [-0.2, -0.15) is 5.10 Å². The molecular weight excluding hydrogens is 290 g/mol. The third-order valence-electron chi connectivity index (χ3n) is 4.37. The monoisotopic (exact) mass is 317 g/mol. The molecule has 126 valence electrons. The van der Waals surface area contributed by atoms with Crippen LogP contribution in [0.4, 0.5) is 0 Å². The molecule has 0 aliphatic heterocycles. The molecule has 0 fully saturated rings. The van der Waals surface area contributed by atoms with Gasteiger partial charge in [0.25, 0.3) is 0 Å². The molecule has 23 heavy (non-hydrogen) atoms. The number of carbonyl (C=O) groups excluding carboxylic acids is 1. The van der Waals surface area contributed by atoms with Gasteiger partial charge in [-0.1, -0.05) is 20.8 Å². The van der Waals surface area contributed by atoms with Crippen LogP contribution in [0.2, 0.25) is 0 Å². The summed E-state index contributed by atoms with van der Waals surface area (Å²) in [5.41, 5.74) is 3.11. The molecule has 1 amide bonds. The van der Waals surface area contributed by atoms with Crippen molar-refractivity contribution in [1.29, 1.82) is 0 Å². The first-order valence-corrected chi connectivity index (χ1v) is 7.94. The van der Waals surface area contributed by atoms with E-state index in [4.69, 9.17) is 0 Å². The zero-order chi connectivity index (χ0) is 17.2. The van der Waals surface area contributed by atoms with Gasteiger partial charge < -0.3 is 9.88 Å². The maximum Gasteiger partial charge on any atom is 0.242 e. The molecule has 0 aliphatic carbocycles. The number of imidazole rings is 1. The number of amides is 1. The lowest BCUT2D eigenvalue weighted by molar-refractivity contribution is -0.123. The summed E-state index contributed by atoms with van der Waals surface area (Å²) in [4.78, 5) is 16.5. The van der Waals surface area contributed by atoms with E-state index in [9.17, 15) is 4.79 Å². The predicted molar refractivity (Wildman–Crippen MR) is 90.1 cm³/mol. The van der Waals surface area contributed by atoms with Crippen molar-refractivity contribution in [3.05, 3.63) is 35.7 Å². The number of hydrogen-bond acceptors (Lipinski definition) is 3. The van der Waals surface area contributed by atoms with E-state index >= 15 is 0 Å². The van der Waals surface area contributed by atoms with Crippen molar-refractivity contribution >= 4 is 5.91 Å². The lowest BCUT2D eigenvalue weighted by Crippen LogP contribution is -2.47. The van der Waals surface area contributed by atoms with Crippen LogP contribution in [0.5, 0.6) is 0 Å². The van der Waals surface area contributed by atoms with Crippen LogP contribution in [-0.2, 0) is 17.9 Å². The Morgan fingerprint density at radius 1 is 1.30 bits per heavy atom. The number of aryl methyl sites for hydroxylation is 1. The van der Waals surface area contributed by atoms with Crippen molar-refractivity contribution in [2.24, 2.45) is 5.41 Å². The van der Waals surface area contributed by atoms with Crippen molar-refractivity contribution in [3.63, 3.8) is 0 Å². The normalized spacial score (nSPS) is 13.1. The van der Waals surface area contributed by atoms with E-state index in [1.54, 1.807) is 17.2 Å².